The first kappa shape index (κ1) is 13.8. The van der Waals surface area contributed by atoms with Gasteiger partial charge in [-0.1, -0.05) is 35.9 Å². The summed E-state index contributed by atoms with van der Waals surface area (Å²) in [5.41, 5.74) is 9.04. The molecule has 4 heteroatoms. The van der Waals surface area contributed by atoms with E-state index in [1.54, 1.807) is 0 Å². The Morgan fingerprint density at radius 1 is 1.14 bits per heavy atom. The number of hydrogen-bond donors (Lipinski definition) is 1. The number of anilines is 1. The van der Waals surface area contributed by atoms with Crippen molar-refractivity contribution < 1.29 is 4.74 Å². The van der Waals surface area contributed by atoms with Crippen molar-refractivity contribution in [3.05, 3.63) is 59.2 Å². The minimum Gasteiger partial charge on any atom is -0.486 e. The minimum atomic E-state index is 0.464. The van der Waals surface area contributed by atoms with Crippen LogP contribution in [0.4, 0.5) is 5.69 Å². The third-order valence-electron chi connectivity index (χ3n) is 3.57. The van der Waals surface area contributed by atoms with Crippen LogP contribution in [0.5, 0.6) is 5.75 Å². The molecule has 0 bridgehead atoms. The van der Waals surface area contributed by atoms with E-state index in [1.165, 1.54) is 0 Å². The van der Waals surface area contributed by atoms with Crippen LogP contribution in [0, 0.1) is 0 Å². The highest BCUT2D eigenvalue weighted by Crippen LogP contribution is 2.28. The molecule has 0 amide bonds. The molecule has 0 aliphatic carbocycles. The van der Waals surface area contributed by atoms with Gasteiger partial charge in [0, 0.05) is 11.9 Å². The van der Waals surface area contributed by atoms with E-state index in [9.17, 15) is 0 Å². The second-order valence-corrected chi connectivity index (χ2v) is 5.29. The molecule has 2 N–H and O–H groups in total. The number of nitrogens with zero attached hydrogens (tertiary/aromatic N) is 1. The molecule has 0 radical (unpaired) electrons. The fourth-order valence-electron chi connectivity index (χ4n) is 2.60. The quantitative estimate of drug-likeness (QED) is 0.722. The average molecular weight is 301 g/mol. The van der Waals surface area contributed by atoms with Gasteiger partial charge in [-0.25, -0.2) is 0 Å². The Labute approximate surface area is 128 Å². The van der Waals surface area contributed by atoms with E-state index in [1.807, 2.05) is 36.4 Å². The van der Waals surface area contributed by atoms with Crippen molar-refractivity contribution in [1.82, 2.24) is 4.57 Å². The normalized spacial score (nSPS) is 11.0. The highest BCUT2D eigenvalue weighted by Gasteiger charge is 2.11. The summed E-state index contributed by atoms with van der Waals surface area (Å²) in [7, 11) is 0. The number of nitrogen functional groups attached to an aromatic ring is 1. The van der Waals surface area contributed by atoms with E-state index >= 15 is 0 Å². The summed E-state index contributed by atoms with van der Waals surface area (Å²) in [6.07, 6.45) is 0. The fourth-order valence-corrected chi connectivity index (χ4v) is 2.79. The van der Waals surface area contributed by atoms with Gasteiger partial charge in [0.25, 0.3) is 0 Å². The number of aryl methyl sites for hydroxylation is 1. The number of fused-ring (bicyclic) bond motifs is 1. The Morgan fingerprint density at radius 2 is 1.95 bits per heavy atom. The van der Waals surface area contributed by atoms with Crippen LogP contribution in [0.3, 0.4) is 0 Å². The molecule has 1 aromatic heterocycles. The van der Waals surface area contributed by atoms with Crippen LogP contribution in [0.1, 0.15) is 12.6 Å². The van der Waals surface area contributed by atoms with Crippen molar-refractivity contribution in [2.75, 3.05) is 5.73 Å². The molecule has 0 spiro atoms. The summed E-state index contributed by atoms with van der Waals surface area (Å²) < 4.78 is 8.02. The molecule has 0 aliphatic heterocycles. The zero-order chi connectivity index (χ0) is 14.8. The maximum absolute atomic E-state index is 6.12. The van der Waals surface area contributed by atoms with Crippen LogP contribution < -0.4 is 10.5 Å². The Morgan fingerprint density at radius 3 is 2.71 bits per heavy atom. The molecule has 3 aromatic rings. The molecule has 21 heavy (non-hydrogen) atoms. The molecule has 0 saturated heterocycles. The molecular weight excluding hydrogens is 284 g/mol. The van der Waals surface area contributed by atoms with Crippen molar-refractivity contribution in [2.45, 2.75) is 20.1 Å². The SMILES string of the molecule is CCn1c(COc2ccccc2Cl)cc2cccc(N)c21. The summed E-state index contributed by atoms with van der Waals surface area (Å²) in [5.74, 6) is 0.694. The van der Waals surface area contributed by atoms with Gasteiger partial charge < -0.3 is 15.0 Å². The van der Waals surface area contributed by atoms with Gasteiger partial charge in [-0.15, -0.1) is 0 Å². The Balaban J connectivity index is 1.94. The van der Waals surface area contributed by atoms with Gasteiger partial charge in [-0.3, -0.25) is 0 Å². The molecular formula is C17H17ClN2O. The molecule has 0 aliphatic rings. The highest BCUT2D eigenvalue weighted by molar-refractivity contribution is 6.32. The van der Waals surface area contributed by atoms with Crippen LogP contribution in [0.15, 0.2) is 48.5 Å². The lowest BCUT2D eigenvalue weighted by Crippen LogP contribution is -2.05. The third-order valence-corrected chi connectivity index (χ3v) is 3.88. The largest absolute Gasteiger partial charge is 0.486 e. The Bertz CT molecular complexity index is 780. The van der Waals surface area contributed by atoms with E-state index in [0.717, 1.165) is 28.8 Å². The predicted octanol–water partition coefficient (Wildman–Crippen LogP) is 4.48. The molecule has 2 aromatic carbocycles. The Hall–Kier alpha value is -2.13. The summed E-state index contributed by atoms with van der Waals surface area (Å²) in [6.45, 7) is 3.41. The molecule has 3 nitrogen and oxygen atoms in total. The summed E-state index contributed by atoms with van der Waals surface area (Å²) in [5, 5.41) is 1.76. The summed E-state index contributed by atoms with van der Waals surface area (Å²) in [6, 6.07) is 15.6. The monoisotopic (exact) mass is 300 g/mol. The van der Waals surface area contributed by atoms with Crippen LogP contribution in [0.25, 0.3) is 10.9 Å². The molecule has 1 heterocycles. The molecule has 108 valence electrons. The summed E-state index contributed by atoms with van der Waals surface area (Å²) in [4.78, 5) is 0. The van der Waals surface area contributed by atoms with E-state index in [4.69, 9.17) is 22.1 Å². The van der Waals surface area contributed by atoms with Gasteiger partial charge in [-0.2, -0.15) is 0 Å². The number of para-hydroxylation sites is 2. The first-order valence-electron chi connectivity index (χ1n) is 6.94. The van der Waals surface area contributed by atoms with Crippen molar-refractivity contribution in [2.24, 2.45) is 0 Å². The van der Waals surface area contributed by atoms with Gasteiger partial charge in [0.15, 0.2) is 0 Å². The first-order valence-corrected chi connectivity index (χ1v) is 7.32. The smallest absolute Gasteiger partial charge is 0.138 e. The molecule has 0 fully saturated rings. The van der Waals surface area contributed by atoms with Gasteiger partial charge in [0.2, 0.25) is 0 Å². The molecule has 0 unspecified atom stereocenters. The topological polar surface area (TPSA) is 40.2 Å². The van der Waals surface area contributed by atoms with Crippen molar-refractivity contribution in [3.63, 3.8) is 0 Å². The number of rotatable bonds is 4. The standard InChI is InChI=1S/C17H17ClN2O/c1-2-20-13(10-12-6-5-8-15(19)17(12)20)11-21-16-9-4-3-7-14(16)18/h3-10H,2,11,19H2,1H3. The van der Waals surface area contributed by atoms with Crippen LogP contribution >= 0.6 is 11.6 Å². The number of halogens is 1. The zero-order valence-corrected chi connectivity index (χ0v) is 12.6. The molecule has 0 atom stereocenters. The fraction of sp³-hybridized carbons (Fsp3) is 0.176. The van der Waals surface area contributed by atoms with E-state index < -0.39 is 0 Å². The number of aromatic nitrogens is 1. The van der Waals surface area contributed by atoms with Crippen LogP contribution in [-0.4, -0.2) is 4.57 Å². The van der Waals surface area contributed by atoms with Crippen molar-refractivity contribution >= 4 is 28.2 Å². The number of benzene rings is 2. The van der Waals surface area contributed by atoms with E-state index in [-0.39, 0.29) is 0 Å². The highest BCUT2D eigenvalue weighted by atomic mass is 35.5. The molecule has 3 rings (SSSR count). The van der Waals surface area contributed by atoms with Crippen molar-refractivity contribution in [3.8, 4) is 5.75 Å². The first-order chi connectivity index (χ1) is 10.2. The van der Waals surface area contributed by atoms with Crippen molar-refractivity contribution in [1.29, 1.82) is 0 Å². The second kappa shape index (κ2) is 5.70. The van der Waals surface area contributed by atoms with E-state index in [2.05, 4.69) is 23.6 Å². The maximum atomic E-state index is 6.12. The lowest BCUT2D eigenvalue weighted by Gasteiger charge is -2.11. The van der Waals surface area contributed by atoms with Gasteiger partial charge in [-0.05, 0) is 31.2 Å². The minimum absolute atomic E-state index is 0.464. The lowest BCUT2D eigenvalue weighted by molar-refractivity contribution is 0.296. The second-order valence-electron chi connectivity index (χ2n) is 4.88. The third kappa shape index (κ3) is 2.57. The lowest BCUT2D eigenvalue weighted by atomic mass is 10.2. The maximum Gasteiger partial charge on any atom is 0.138 e. The average Bonchev–Trinajstić information content (AvgIpc) is 2.85. The van der Waals surface area contributed by atoms with E-state index in [0.29, 0.717) is 17.4 Å². The zero-order valence-electron chi connectivity index (χ0n) is 11.8. The van der Waals surface area contributed by atoms with Crippen LogP contribution in [0.2, 0.25) is 5.02 Å². The Kier molecular flexibility index (Phi) is 3.76. The number of ether oxygens (including phenoxy) is 1. The van der Waals surface area contributed by atoms with Gasteiger partial charge in [0.1, 0.15) is 12.4 Å². The van der Waals surface area contributed by atoms with Gasteiger partial charge >= 0.3 is 0 Å². The number of hydrogen-bond acceptors (Lipinski definition) is 2. The van der Waals surface area contributed by atoms with Gasteiger partial charge in [0.05, 0.1) is 21.9 Å². The van der Waals surface area contributed by atoms with Crippen LogP contribution in [-0.2, 0) is 13.2 Å². The predicted molar refractivity (Wildman–Crippen MR) is 87.8 cm³/mol. The number of nitrogens with two attached hydrogens (primary N) is 1. The summed E-state index contributed by atoms with van der Waals surface area (Å²) >= 11 is 6.12. The molecule has 0 saturated carbocycles.